The van der Waals surface area contributed by atoms with Crippen LogP contribution in [0.2, 0.25) is 0 Å². The van der Waals surface area contributed by atoms with Gasteiger partial charge in [0, 0.05) is 13.2 Å². The number of anilines is 1. The summed E-state index contributed by atoms with van der Waals surface area (Å²) in [5.74, 6) is 0.480. The minimum absolute atomic E-state index is 0.190. The zero-order chi connectivity index (χ0) is 14.3. The Hall–Kier alpha value is -1.74. The van der Waals surface area contributed by atoms with Gasteiger partial charge in [-0.1, -0.05) is 0 Å². The number of nitrogen functional groups attached to an aromatic ring is 1. The van der Waals surface area contributed by atoms with Crippen LogP contribution in [-0.4, -0.2) is 52.2 Å². The second kappa shape index (κ2) is 4.98. The van der Waals surface area contributed by atoms with E-state index in [1.54, 1.807) is 6.07 Å². The van der Waals surface area contributed by atoms with Crippen LogP contribution in [0.25, 0.3) is 11.1 Å². The number of nitrogens with two attached hydrogens (primary N) is 1. The van der Waals surface area contributed by atoms with Crippen LogP contribution in [0, 0.1) is 0 Å². The minimum Gasteiger partial charge on any atom is -0.459 e. The van der Waals surface area contributed by atoms with E-state index in [-0.39, 0.29) is 12.4 Å². The number of aliphatic hydroxyl groups excluding tert-OH is 2. The summed E-state index contributed by atoms with van der Waals surface area (Å²) in [7, 11) is 1.45. The van der Waals surface area contributed by atoms with Crippen molar-refractivity contribution in [3.8, 4) is 0 Å². The molecule has 0 radical (unpaired) electrons. The maximum absolute atomic E-state index is 10.0. The van der Waals surface area contributed by atoms with E-state index in [4.69, 9.17) is 19.6 Å². The predicted octanol–water partition coefficient (Wildman–Crippen LogP) is -0.387. The normalized spacial score (nSPS) is 30.1. The summed E-state index contributed by atoms with van der Waals surface area (Å²) in [6.07, 6.45) is -1.60. The van der Waals surface area contributed by atoms with Crippen LogP contribution < -0.4 is 5.73 Å². The van der Waals surface area contributed by atoms with Gasteiger partial charge in [-0.25, -0.2) is 9.97 Å². The molecule has 0 bridgehead atoms. The van der Waals surface area contributed by atoms with Crippen molar-refractivity contribution in [1.29, 1.82) is 0 Å². The standard InChI is InChI=1S/C12H15N3O5/c1-18-9-7(17)6(4-16)20-10(9)12-14-5-2-3-19-8(5)11(13)15-12/h2-3,6-7,9-10,16-17H,4H2,1H3,(H2,13,14,15)/t6-,7-,9-,10?/m1/s1. The SMILES string of the molecule is CO[C@H]1C(c2nc(N)c3occc3n2)O[C@H](CO)[C@H]1O. The molecule has 4 atom stereocenters. The highest BCUT2D eigenvalue weighted by Gasteiger charge is 2.46. The molecule has 3 heterocycles. The summed E-state index contributed by atoms with van der Waals surface area (Å²) in [6.45, 7) is -0.318. The fourth-order valence-corrected chi connectivity index (χ4v) is 2.39. The van der Waals surface area contributed by atoms with Gasteiger partial charge in [0.15, 0.2) is 17.2 Å². The van der Waals surface area contributed by atoms with E-state index in [0.29, 0.717) is 16.9 Å². The van der Waals surface area contributed by atoms with Crippen molar-refractivity contribution in [2.45, 2.75) is 24.4 Å². The van der Waals surface area contributed by atoms with Crippen LogP contribution in [0.3, 0.4) is 0 Å². The number of aromatic nitrogens is 2. The number of methoxy groups -OCH3 is 1. The summed E-state index contributed by atoms with van der Waals surface area (Å²) >= 11 is 0. The van der Waals surface area contributed by atoms with Gasteiger partial charge in [0.25, 0.3) is 0 Å². The molecule has 0 aromatic carbocycles. The Kier molecular flexibility index (Phi) is 3.30. The van der Waals surface area contributed by atoms with E-state index >= 15 is 0 Å². The molecular formula is C12H15N3O5. The number of ether oxygens (including phenoxy) is 2. The summed E-state index contributed by atoms with van der Waals surface area (Å²) in [4.78, 5) is 8.43. The smallest absolute Gasteiger partial charge is 0.194 e. The molecule has 2 aromatic rings. The number of hydrogen-bond acceptors (Lipinski definition) is 8. The molecule has 8 nitrogen and oxygen atoms in total. The molecule has 3 rings (SSSR count). The highest BCUT2D eigenvalue weighted by atomic mass is 16.6. The van der Waals surface area contributed by atoms with Crippen molar-refractivity contribution in [3.63, 3.8) is 0 Å². The molecule has 1 saturated heterocycles. The third kappa shape index (κ3) is 1.93. The second-order valence-corrected chi connectivity index (χ2v) is 4.57. The van der Waals surface area contributed by atoms with E-state index in [1.165, 1.54) is 13.4 Å². The lowest BCUT2D eigenvalue weighted by Gasteiger charge is -2.17. The number of fused-ring (bicyclic) bond motifs is 1. The number of rotatable bonds is 3. The molecule has 1 aliphatic heterocycles. The number of hydrogen-bond donors (Lipinski definition) is 3. The van der Waals surface area contributed by atoms with Gasteiger partial charge in [-0.2, -0.15) is 0 Å². The third-order valence-corrected chi connectivity index (χ3v) is 3.39. The monoisotopic (exact) mass is 281 g/mol. The predicted molar refractivity (Wildman–Crippen MR) is 67.7 cm³/mol. The zero-order valence-electron chi connectivity index (χ0n) is 10.8. The summed E-state index contributed by atoms with van der Waals surface area (Å²) in [5.41, 5.74) is 6.76. The fourth-order valence-electron chi connectivity index (χ4n) is 2.39. The quantitative estimate of drug-likeness (QED) is 0.695. The van der Waals surface area contributed by atoms with Crippen molar-refractivity contribution in [2.75, 3.05) is 19.5 Å². The Balaban J connectivity index is 2.01. The highest BCUT2D eigenvalue weighted by molar-refractivity contribution is 5.82. The molecule has 1 fully saturated rings. The number of aliphatic hydroxyl groups is 2. The Labute approximate surface area is 114 Å². The number of furan rings is 1. The van der Waals surface area contributed by atoms with E-state index < -0.39 is 24.4 Å². The molecule has 108 valence electrons. The van der Waals surface area contributed by atoms with Crippen LogP contribution >= 0.6 is 0 Å². The Bertz CT molecular complexity index is 616. The summed E-state index contributed by atoms with van der Waals surface area (Å²) in [5, 5.41) is 19.2. The highest BCUT2D eigenvalue weighted by Crippen LogP contribution is 2.34. The van der Waals surface area contributed by atoms with E-state index in [1.807, 2.05) is 0 Å². The fraction of sp³-hybridized carbons (Fsp3) is 0.500. The average molecular weight is 281 g/mol. The lowest BCUT2D eigenvalue weighted by Crippen LogP contribution is -2.34. The molecule has 0 aliphatic carbocycles. The van der Waals surface area contributed by atoms with E-state index in [2.05, 4.69) is 9.97 Å². The first kappa shape index (κ1) is 13.3. The zero-order valence-corrected chi connectivity index (χ0v) is 10.8. The third-order valence-electron chi connectivity index (χ3n) is 3.39. The Morgan fingerprint density at radius 2 is 2.25 bits per heavy atom. The van der Waals surface area contributed by atoms with E-state index in [0.717, 1.165) is 0 Å². The molecule has 20 heavy (non-hydrogen) atoms. The van der Waals surface area contributed by atoms with Gasteiger partial charge in [0.2, 0.25) is 0 Å². The lowest BCUT2D eigenvalue weighted by molar-refractivity contribution is -0.0265. The van der Waals surface area contributed by atoms with Crippen LogP contribution in [-0.2, 0) is 9.47 Å². The largest absolute Gasteiger partial charge is 0.459 e. The first-order chi connectivity index (χ1) is 9.65. The summed E-state index contributed by atoms with van der Waals surface area (Å²) in [6, 6.07) is 1.66. The minimum atomic E-state index is -0.958. The average Bonchev–Trinajstić information content (AvgIpc) is 3.02. The van der Waals surface area contributed by atoms with Gasteiger partial charge in [-0.05, 0) is 0 Å². The molecule has 1 unspecified atom stereocenters. The molecule has 8 heteroatoms. The lowest BCUT2D eigenvalue weighted by atomic mass is 10.1. The first-order valence-electron chi connectivity index (χ1n) is 6.13. The van der Waals surface area contributed by atoms with Gasteiger partial charge in [-0.3, -0.25) is 0 Å². The molecule has 0 amide bonds. The van der Waals surface area contributed by atoms with Crippen molar-refractivity contribution >= 4 is 16.9 Å². The number of nitrogens with zero attached hydrogens (tertiary/aromatic N) is 2. The second-order valence-electron chi connectivity index (χ2n) is 4.57. The molecule has 1 aliphatic rings. The molecular weight excluding hydrogens is 266 g/mol. The van der Waals surface area contributed by atoms with Gasteiger partial charge in [-0.15, -0.1) is 0 Å². The van der Waals surface area contributed by atoms with Crippen LogP contribution in [0.5, 0.6) is 0 Å². The van der Waals surface area contributed by atoms with E-state index in [9.17, 15) is 10.2 Å². The van der Waals surface area contributed by atoms with Gasteiger partial charge >= 0.3 is 0 Å². The maximum atomic E-state index is 10.0. The van der Waals surface area contributed by atoms with Crippen LogP contribution in [0.1, 0.15) is 11.9 Å². The van der Waals surface area contributed by atoms with Crippen molar-refractivity contribution < 1.29 is 24.1 Å². The molecule has 2 aromatic heterocycles. The van der Waals surface area contributed by atoms with Crippen LogP contribution in [0.4, 0.5) is 5.82 Å². The first-order valence-corrected chi connectivity index (χ1v) is 6.13. The summed E-state index contributed by atoms with van der Waals surface area (Å²) < 4.78 is 16.0. The van der Waals surface area contributed by atoms with Gasteiger partial charge < -0.3 is 29.8 Å². The van der Waals surface area contributed by atoms with Crippen molar-refractivity contribution in [3.05, 3.63) is 18.2 Å². The Morgan fingerprint density at radius 1 is 1.45 bits per heavy atom. The van der Waals surface area contributed by atoms with Crippen LogP contribution in [0.15, 0.2) is 16.7 Å². The topological polar surface area (TPSA) is 124 Å². The van der Waals surface area contributed by atoms with Crippen molar-refractivity contribution in [2.24, 2.45) is 0 Å². The van der Waals surface area contributed by atoms with Gasteiger partial charge in [0.1, 0.15) is 29.9 Å². The molecule has 4 N–H and O–H groups in total. The Morgan fingerprint density at radius 3 is 2.95 bits per heavy atom. The molecule has 0 spiro atoms. The maximum Gasteiger partial charge on any atom is 0.194 e. The molecule has 0 saturated carbocycles. The van der Waals surface area contributed by atoms with Gasteiger partial charge in [0.05, 0.1) is 12.9 Å². The van der Waals surface area contributed by atoms with Crippen molar-refractivity contribution in [1.82, 2.24) is 9.97 Å².